The Bertz CT molecular complexity index is 269. The van der Waals surface area contributed by atoms with E-state index < -0.39 is 0 Å². The number of nitrogens with zero attached hydrogens (tertiary/aromatic N) is 3. The Hall–Kier alpha value is -1.00. The zero-order chi connectivity index (χ0) is 9.80. The molecule has 1 unspecified atom stereocenters. The number of aromatic nitrogens is 2. The lowest BCUT2D eigenvalue weighted by Crippen LogP contribution is -2.32. The van der Waals surface area contributed by atoms with Crippen LogP contribution >= 0.6 is 0 Å². The highest BCUT2D eigenvalue weighted by molar-refractivity contribution is 5.06. The highest BCUT2D eigenvalue weighted by Crippen LogP contribution is 2.21. The Labute approximate surface area is 84.1 Å². The molecule has 1 fully saturated rings. The van der Waals surface area contributed by atoms with Crippen LogP contribution in [0.4, 0.5) is 0 Å². The normalized spacial score (nSPS) is 19.8. The zero-order valence-electron chi connectivity index (χ0n) is 8.26. The quantitative estimate of drug-likeness (QED) is 0.760. The van der Waals surface area contributed by atoms with E-state index in [1.54, 1.807) is 6.20 Å². The molecule has 1 aromatic heterocycles. The third-order valence-electron chi connectivity index (χ3n) is 2.74. The van der Waals surface area contributed by atoms with Crippen LogP contribution < -0.4 is 5.73 Å². The molecule has 2 rings (SSSR count). The Kier molecular flexibility index (Phi) is 3.06. The molecule has 1 atom stereocenters. The van der Waals surface area contributed by atoms with E-state index in [0.717, 1.165) is 18.8 Å². The number of nitrogens with two attached hydrogens (primary N) is 1. The van der Waals surface area contributed by atoms with Gasteiger partial charge in [-0.15, -0.1) is 0 Å². The highest BCUT2D eigenvalue weighted by Gasteiger charge is 2.22. The molecule has 2 heterocycles. The minimum absolute atomic E-state index is 0.256. The molecule has 0 saturated carbocycles. The van der Waals surface area contributed by atoms with Crippen molar-refractivity contribution in [3.8, 4) is 0 Å². The molecule has 0 radical (unpaired) electrons. The van der Waals surface area contributed by atoms with Crippen molar-refractivity contribution in [1.29, 1.82) is 0 Å². The van der Waals surface area contributed by atoms with Gasteiger partial charge < -0.3 is 5.73 Å². The van der Waals surface area contributed by atoms with E-state index in [1.165, 1.54) is 12.8 Å². The van der Waals surface area contributed by atoms with Gasteiger partial charge in [0, 0.05) is 12.7 Å². The Morgan fingerprint density at radius 3 is 2.79 bits per heavy atom. The number of hydrogen-bond donors (Lipinski definition) is 1. The minimum atomic E-state index is 0.256. The summed E-state index contributed by atoms with van der Waals surface area (Å²) in [5.41, 5.74) is 6.77. The van der Waals surface area contributed by atoms with Crippen LogP contribution in [0.25, 0.3) is 0 Å². The molecule has 4 nitrogen and oxygen atoms in total. The van der Waals surface area contributed by atoms with Gasteiger partial charge in [-0.2, -0.15) is 10.2 Å². The highest BCUT2D eigenvalue weighted by atomic mass is 15.2. The minimum Gasteiger partial charge on any atom is -0.329 e. The summed E-state index contributed by atoms with van der Waals surface area (Å²) in [4.78, 5) is 2.39. The number of rotatable bonds is 3. The second-order valence-electron chi connectivity index (χ2n) is 3.64. The van der Waals surface area contributed by atoms with E-state index in [4.69, 9.17) is 5.73 Å². The lowest BCUT2D eigenvalue weighted by atomic mass is 10.2. The number of likely N-dealkylation sites (tertiary alicyclic amines) is 1. The van der Waals surface area contributed by atoms with Crippen LogP contribution in [-0.2, 0) is 0 Å². The lowest BCUT2D eigenvalue weighted by Gasteiger charge is -2.24. The molecule has 76 valence electrons. The summed E-state index contributed by atoms with van der Waals surface area (Å²) in [6.07, 6.45) is 4.24. The fraction of sp³-hybridized carbons (Fsp3) is 0.600. The van der Waals surface area contributed by atoms with Crippen molar-refractivity contribution in [2.24, 2.45) is 5.73 Å². The van der Waals surface area contributed by atoms with Gasteiger partial charge >= 0.3 is 0 Å². The Morgan fingerprint density at radius 2 is 2.21 bits per heavy atom. The average molecular weight is 192 g/mol. The molecule has 14 heavy (non-hydrogen) atoms. The van der Waals surface area contributed by atoms with Gasteiger partial charge in [0.05, 0.1) is 11.7 Å². The van der Waals surface area contributed by atoms with Crippen molar-refractivity contribution in [1.82, 2.24) is 15.1 Å². The molecule has 0 amide bonds. The van der Waals surface area contributed by atoms with Crippen LogP contribution in [-0.4, -0.2) is 34.7 Å². The SMILES string of the molecule is NCC(c1cccnn1)N1CCCC1. The maximum absolute atomic E-state index is 5.78. The first-order valence-electron chi connectivity index (χ1n) is 5.13. The topological polar surface area (TPSA) is 55.0 Å². The van der Waals surface area contributed by atoms with Gasteiger partial charge in [0.2, 0.25) is 0 Å². The monoisotopic (exact) mass is 192 g/mol. The molecule has 2 N–H and O–H groups in total. The van der Waals surface area contributed by atoms with Gasteiger partial charge in [-0.05, 0) is 38.1 Å². The molecular weight excluding hydrogens is 176 g/mol. The zero-order valence-corrected chi connectivity index (χ0v) is 8.26. The van der Waals surface area contributed by atoms with E-state index in [2.05, 4.69) is 15.1 Å². The van der Waals surface area contributed by atoms with Crippen LogP contribution in [0.1, 0.15) is 24.6 Å². The first kappa shape index (κ1) is 9.55. The van der Waals surface area contributed by atoms with Crippen molar-refractivity contribution in [2.45, 2.75) is 18.9 Å². The standard InChI is InChI=1S/C10H16N4/c11-8-10(14-6-1-2-7-14)9-4-3-5-12-13-9/h3-5,10H,1-2,6-8,11H2. The van der Waals surface area contributed by atoms with Gasteiger partial charge in [0.15, 0.2) is 0 Å². The van der Waals surface area contributed by atoms with E-state index in [0.29, 0.717) is 6.54 Å². The largest absolute Gasteiger partial charge is 0.329 e. The Morgan fingerprint density at radius 1 is 1.43 bits per heavy atom. The summed E-state index contributed by atoms with van der Waals surface area (Å²) < 4.78 is 0. The third kappa shape index (κ3) is 1.91. The lowest BCUT2D eigenvalue weighted by molar-refractivity contribution is 0.245. The third-order valence-corrected chi connectivity index (χ3v) is 2.74. The van der Waals surface area contributed by atoms with Crippen LogP contribution in [0.2, 0.25) is 0 Å². The fourth-order valence-corrected chi connectivity index (χ4v) is 2.00. The van der Waals surface area contributed by atoms with Crippen molar-refractivity contribution in [2.75, 3.05) is 19.6 Å². The van der Waals surface area contributed by atoms with Crippen molar-refractivity contribution in [3.63, 3.8) is 0 Å². The molecule has 1 saturated heterocycles. The van der Waals surface area contributed by atoms with Crippen molar-refractivity contribution < 1.29 is 0 Å². The summed E-state index contributed by atoms with van der Waals surface area (Å²) in [6.45, 7) is 2.90. The summed E-state index contributed by atoms with van der Waals surface area (Å²) in [5, 5.41) is 8.02. The average Bonchev–Trinajstić information content (AvgIpc) is 2.74. The Balaban J connectivity index is 2.12. The molecule has 1 aromatic rings. The first-order chi connectivity index (χ1) is 6.92. The maximum Gasteiger partial charge on any atom is 0.0815 e. The summed E-state index contributed by atoms with van der Waals surface area (Å²) in [6, 6.07) is 4.18. The fourth-order valence-electron chi connectivity index (χ4n) is 2.00. The molecule has 0 aliphatic carbocycles. The van der Waals surface area contributed by atoms with Crippen molar-refractivity contribution in [3.05, 3.63) is 24.0 Å². The van der Waals surface area contributed by atoms with E-state index in [9.17, 15) is 0 Å². The summed E-state index contributed by atoms with van der Waals surface area (Å²) in [5.74, 6) is 0. The summed E-state index contributed by atoms with van der Waals surface area (Å²) in [7, 11) is 0. The van der Waals surface area contributed by atoms with Crippen molar-refractivity contribution >= 4 is 0 Å². The molecule has 0 bridgehead atoms. The number of hydrogen-bond acceptors (Lipinski definition) is 4. The van der Waals surface area contributed by atoms with Crippen LogP contribution in [0, 0.1) is 0 Å². The van der Waals surface area contributed by atoms with Gasteiger partial charge in [0.25, 0.3) is 0 Å². The van der Waals surface area contributed by atoms with Crippen LogP contribution in [0.5, 0.6) is 0 Å². The van der Waals surface area contributed by atoms with Gasteiger partial charge in [-0.1, -0.05) is 0 Å². The second-order valence-corrected chi connectivity index (χ2v) is 3.64. The molecular formula is C10H16N4. The summed E-state index contributed by atoms with van der Waals surface area (Å²) >= 11 is 0. The van der Waals surface area contributed by atoms with E-state index in [1.807, 2.05) is 12.1 Å². The maximum atomic E-state index is 5.78. The van der Waals surface area contributed by atoms with Crippen LogP contribution in [0.3, 0.4) is 0 Å². The van der Waals surface area contributed by atoms with Gasteiger partial charge in [0.1, 0.15) is 0 Å². The predicted octanol–water partition coefficient (Wildman–Crippen LogP) is 0.572. The van der Waals surface area contributed by atoms with Gasteiger partial charge in [-0.25, -0.2) is 0 Å². The molecule has 0 spiro atoms. The molecule has 0 aromatic carbocycles. The molecule has 1 aliphatic rings. The first-order valence-corrected chi connectivity index (χ1v) is 5.13. The second kappa shape index (κ2) is 4.48. The van der Waals surface area contributed by atoms with E-state index >= 15 is 0 Å². The van der Waals surface area contributed by atoms with Gasteiger partial charge in [-0.3, -0.25) is 4.90 Å². The predicted molar refractivity (Wildman–Crippen MR) is 54.6 cm³/mol. The molecule has 1 aliphatic heterocycles. The smallest absolute Gasteiger partial charge is 0.0815 e. The molecule has 4 heteroatoms. The van der Waals surface area contributed by atoms with E-state index in [-0.39, 0.29) is 6.04 Å². The van der Waals surface area contributed by atoms with Crippen LogP contribution in [0.15, 0.2) is 18.3 Å².